The van der Waals surface area contributed by atoms with E-state index in [1.807, 2.05) is 18.7 Å². The van der Waals surface area contributed by atoms with E-state index in [-0.39, 0.29) is 11.9 Å². The highest BCUT2D eigenvalue weighted by atomic mass is 16.5. The van der Waals surface area contributed by atoms with Gasteiger partial charge in [0.2, 0.25) is 5.91 Å². The summed E-state index contributed by atoms with van der Waals surface area (Å²) >= 11 is 0. The van der Waals surface area contributed by atoms with Crippen LogP contribution in [0.15, 0.2) is 0 Å². The van der Waals surface area contributed by atoms with Crippen LogP contribution in [0.2, 0.25) is 0 Å². The highest BCUT2D eigenvalue weighted by Crippen LogP contribution is 2.02. The number of amides is 1. The van der Waals surface area contributed by atoms with Gasteiger partial charge in [0, 0.05) is 19.1 Å². The van der Waals surface area contributed by atoms with Crippen LogP contribution >= 0.6 is 0 Å². The second kappa shape index (κ2) is 6.46. The maximum absolute atomic E-state index is 11.9. The van der Waals surface area contributed by atoms with E-state index < -0.39 is 0 Å². The van der Waals surface area contributed by atoms with Gasteiger partial charge in [-0.15, -0.1) is 0 Å². The van der Waals surface area contributed by atoms with Crippen LogP contribution < -0.4 is 0 Å². The molecule has 5 nitrogen and oxygen atoms in total. The Hall–Kier alpha value is -1.12. The fourth-order valence-electron chi connectivity index (χ4n) is 1.60. The molecule has 1 fully saturated rings. The van der Waals surface area contributed by atoms with E-state index in [1.165, 1.54) is 0 Å². The number of carbonyl (C=O) groups excluding carboxylic acids is 1. The first kappa shape index (κ1) is 12.9. The predicted octanol–water partition coefficient (Wildman–Crippen LogP) is 0.0792. The average molecular weight is 225 g/mol. The third-order valence-electron chi connectivity index (χ3n) is 2.71. The van der Waals surface area contributed by atoms with Crippen LogP contribution in [0.1, 0.15) is 13.8 Å². The molecule has 1 saturated heterocycles. The summed E-state index contributed by atoms with van der Waals surface area (Å²) in [5.41, 5.74) is 0. The van der Waals surface area contributed by atoms with Crippen LogP contribution in [0.25, 0.3) is 0 Å². The minimum atomic E-state index is 0.0900. The standard InChI is InChI=1S/C11H19N3O2/c1-10(2)14(4-3-12)9-11(15)13-5-7-16-8-6-13/h10H,4-9H2,1-2H3. The van der Waals surface area contributed by atoms with Crippen LogP contribution in [0.5, 0.6) is 0 Å². The second-order valence-corrected chi connectivity index (χ2v) is 4.15. The first-order valence-electron chi connectivity index (χ1n) is 5.61. The lowest BCUT2D eigenvalue weighted by Gasteiger charge is -2.30. The number of hydrogen-bond donors (Lipinski definition) is 0. The molecule has 1 rings (SSSR count). The van der Waals surface area contributed by atoms with Crippen molar-refractivity contribution in [3.05, 3.63) is 0 Å². The van der Waals surface area contributed by atoms with Crippen molar-refractivity contribution < 1.29 is 9.53 Å². The topological polar surface area (TPSA) is 56.6 Å². The van der Waals surface area contributed by atoms with E-state index in [4.69, 9.17) is 10.00 Å². The second-order valence-electron chi connectivity index (χ2n) is 4.15. The Balaban J connectivity index is 2.44. The zero-order valence-corrected chi connectivity index (χ0v) is 9.98. The number of nitrogens with zero attached hydrogens (tertiary/aromatic N) is 3. The Morgan fingerprint density at radius 3 is 2.62 bits per heavy atom. The fourth-order valence-corrected chi connectivity index (χ4v) is 1.60. The van der Waals surface area contributed by atoms with Crippen molar-refractivity contribution in [2.75, 3.05) is 39.4 Å². The van der Waals surface area contributed by atoms with Gasteiger partial charge in [-0.2, -0.15) is 5.26 Å². The van der Waals surface area contributed by atoms with Gasteiger partial charge >= 0.3 is 0 Å². The van der Waals surface area contributed by atoms with Gasteiger partial charge in [-0.1, -0.05) is 0 Å². The van der Waals surface area contributed by atoms with Crippen LogP contribution in [0.3, 0.4) is 0 Å². The van der Waals surface area contributed by atoms with Gasteiger partial charge < -0.3 is 9.64 Å². The van der Waals surface area contributed by atoms with Crippen LogP contribution in [-0.2, 0) is 9.53 Å². The van der Waals surface area contributed by atoms with Crippen molar-refractivity contribution in [1.29, 1.82) is 5.26 Å². The smallest absolute Gasteiger partial charge is 0.236 e. The number of hydrogen-bond acceptors (Lipinski definition) is 4. The summed E-state index contributed by atoms with van der Waals surface area (Å²) in [4.78, 5) is 15.6. The molecule has 0 saturated carbocycles. The van der Waals surface area contributed by atoms with Crippen LogP contribution in [0.4, 0.5) is 0 Å². The van der Waals surface area contributed by atoms with E-state index in [2.05, 4.69) is 6.07 Å². The van der Waals surface area contributed by atoms with E-state index in [0.29, 0.717) is 39.4 Å². The molecular weight excluding hydrogens is 206 g/mol. The summed E-state index contributed by atoms with van der Waals surface area (Å²) in [5, 5.41) is 8.67. The molecule has 0 aromatic carbocycles. The number of ether oxygens (including phenoxy) is 1. The zero-order valence-electron chi connectivity index (χ0n) is 9.98. The number of carbonyl (C=O) groups is 1. The van der Waals surface area contributed by atoms with E-state index in [1.54, 1.807) is 4.90 Å². The van der Waals surface area contributed by atoms with Gasteiger partial charge in [0.1, 0.15) is 0 Å². The number of nitriles is 1. The molecule has 0 bridgehead atoms. The summed E-state index contributed by atoms with van der Waals surface area (Å²) in [6.45, 7) is 7.17. The minimum absolute atomic E-state index is 0.0900. The lowest BCUT2D eigenvalue weighted by molar-refractivity contribution is -0.136. The summed E-state index contributed by atoms with van der Waals surface area (Å²) in [6, 6.07) is 2.30. The fraction of sp³-hybridized carbons (Fsp3) is 0.818. The lowest BCUT2D eigenvalue weighted by atomic mass is 10.3. The molecule has 16 heavy (non-hydrogen) atoms. The highest BCUT2D eigenvalue weighted by molar-refractivity contribution is 5.78. The largest absolute Gasteiger partial charge is 0.378 e. The molecule has 1 aliphatic heterocycles. The zero-order chi connectivity index (χ0) is 12.0. The van der Waals surface area contributed by atoms with Gasteiger partial charge in [0.25, 0.3) is 0 Å². The van der Waals surface area contributed by atoms with Crippen molar-refractivity contribution >= 4 is 5.91 Å². The van der Waals surface area contributed by atoms with E-state index in [9.17, 15) is 4.79 Å². The molecule has 0 spiro atoms. The molecule has 0 atom stereocenters. The summed E-state index contributed by atoms with van der Waals surface area (Å²) in [7, 11) is 0. The van der Waals surface area contributed by atoms with Crippen LogP contribution in [-0.4, -0.2) is 61.1 Å². The minimum Gasteiger partial charge on any atom is -0.378 e. The summed E-state index contributed by atoms with van der Waals surface area (Å²) < 4.78 is 5.19. The van der Waals surface area contributed by atoms with Crippen molar-refractivity contribution in [3.63, 3.8) is 0 Å². The average Bonchev–Trinajstić information content (AvgIpc) is 2.29. The van der Waals surface area contributed by atoms with Crippen molar-refractivity contribution in [2.24, 2.45) is 0 Å². The Morgan fingerprint density at radius 1 is 1.50 bits per heavy atom. The normalized spacial score (nSPS) is 16.6. The van der Waals surface area contributed by atoms with Gasteiger partial charge in [-0.05, 0) is 13.8 Å². The molecule has 0 unspecified atom stereocenters. The molecule has 1 heterocycles. The summed E-state index contributed by atoms with van der Waals surface area (Å²) in [5.74, 6) is 0.0900. The monoisotopic (exact) mass is 225 g/mol. The molecule has 0 N–H and O–H groups in total. The predicted molar refractivity (Wildman–Crippen MR) is 59.7 cm³/mol. The molecule has 0 aliphatic carbocycles. The first-order chi connectivity index (χ1) is 7.65. The summed E-state index contributed by atoms with van der Waals surface area (Å²) in [6.07, 6.45) is 0. The maximum atomic E-state index is 11.9. The lowest BCUT2D eigenvalue weighted by Crippen LogP contribution is -2.47. The van der Waals surface area contributed by atoms with Crippen molar-refractivity contribution in [1.82, 2.24) is 9.80 Å². The Kier molecular flexibility index (Phi) is 5.23. The molecule has 0 radical (unpaired) electrons. The van der Waals surface area contributed by atoms with E-state index >= 15 is 0 Å². The maximum Gasteiger partial charge on any atom is 0.236 e. The molecular formula is C11H19N3O2. The Bertz CT molecular complexity index is 267. The van der Waals surface area contributed by atoms with E-state index in [0.717, 1.165) is 0 Å². The first-order valence-corrected chi connectivity index (χ1v) is 5.61. The Labute approximate surface area is 96.6 Å². The SMILES string of the molecule is CC(C)N(CC#N)CC(=O)N1CCOCC1. The molecule has 1 aliphatic rings. The van der Waals surface area contributed by atoms with Crippen LogP contribution in [0, 0.1) is 11.3 Å². The Morgan fingerprint density at radius 2 is 2.12 bits per heavy atom. The molecule has 1 amide bonds. The highest BCUT2D eigenvalue weighted by Gasteiger charge is 2.20. The quantitative estimate of drug-likeness (QED) is 0.636. The number of morpholine rings is 1. The van der Waals surface area contributed by atoms with Gasteiger partial charge in [0.15, 0.2) is 0 Å². The van der Waals surface area contributed by atoms with Gasteiger partial charge in [-0.25, -0.2) is 0 Å². The van der Waals surface area contributed by atoms with Gasteiger partial charge in [0.05, 0.1) is 32.4 Å². The van der Waals surface area contributed by atoms with Crippen molar-refractivity contribution in [3.8, 4) is 6.07 Å². The van der Waals surface area contributed by atoms with Crippen molar-refractivity contribution in [2.45, 2.75) is 19.9 Å². The third kappa shape index (κ3) is 3.80. The molecule has 0 aromatic heterocycles. The van der Waals surface area contributed by atoms with Gasteiger partial charge in [-0.3, -0.25) is 9.69 Å². The molecule has 5 heteroatoms. The molecule has 0 aromatic rings. The number of rotatable bonds is 4. The molecule has 90 valence electrons. The third-order valence-corrected chi connectivity index (χ3v) is 2.71.